The molecule has 0 radical (unpaired) electrons. The minimum absolute atomic E-state index is 0.149. The van der Waals surface area contributed by atoms with Gasteiger partial charge in [-0.2, -0.15) is 0 Å². The number of rotatable bonds is 3. The maximum absolute atomic E-state index is 14.0. The summed E-state index contributed by atoms with van der Waals surface area (Å²) in [7, 11) is 0. The third-order valence-electron chi connectivity index (χ3n) is 5.63. The zero-order chi connectivity index (χ0) is 19.0. The monoisotopic (exact) mass is 375 g/mol. The molecule has 1 aromatic carbocycles. The van der Waals surface area contributed by atoms with Crippen LogP contribution >= 0.6 is 0 Å². The average Bonchev–Trinajstić information content (AvgIpc) is 3.11. The summed E-state index contributed by atoms with van der Waals surface area (Å²) in [5.74, 6) is -0.206. The molecule has 8 heteroatoms. The van der Waals surface area contributed by atoms with Crippen LogP contribution in [0.4, 0.5) is 8.78 Å². The summed E-state index contributed by atoms with van der Waals surface area (Å²) in [6.07, 6.45) is 1.56. The zero-order valence-electron chi connectivity index (χ0n) is 15.3. The van der Waals surface area contributed by atoms with Gasteiger partial charge >= 0.3 is 0 Å². The Morgan fingerprint density at radius 1 is 1.19 bits per heavy atom. The molecule has 1 fully saturated rings. The van der Waals surface area contributed by atoms with Gasteiger partial charge in [-0.05, 0) is 31.9 Å². The molecular weight excluding hydrogens is 352 g/mol. The Labute approximate surface area is 156 Å². The van der Waals surface area contributed by atoms with Gasteiger partial charge in [-0.25, -0.2) is 8.78 Å². The van der Waals surface area contributed by atoms with Crippen molar-refractivity contribution < 1.29 is 13.6 Å². The highest BCUT2D eigenvalue weighted by molar-refractivity contribution is 5.83. The Morgan fingerprint density at radius 2 is 1.89 bits per heavy atom. The Hall–Kier alpha value is -2.35. The number of piperidine rings is 1. The smallest absolute Gasteiger partial charge is 0.230 e. The number of likely N-dealkylation sites (tertiary alicyclic amines) is 1. The van der Waals surface area contributed by atoms with Gasteiger partial charge in [-0.15, -0.1) is 10.2 Å². The van der Waals surface area contributed by atoms with Crippen molar-refractivity contribution in [2.24, 2.45) is 0 Å². The van der Waals surface area contributed by atoms with Crippen molar-refractivity contribution in [1.82, 2.24) is 25.0 Å². The van der Waals surface area contributed by atoms with Gasteiger partial charge in [0.15, 0.2) is 0 Å². The number of nitrogens with zero attached hydrogens (tertiary/aromatic N) is 4. The van der Waals surface area contributed by atoms with E-state index >= 15 is 0 Å². The molecule has 27 heavy (non-hydrogen) atoms. The molecule has 2 aliphatic rings. The highest BCUT2D eigenvalue weighted by atomic mass is 19.1. The fraction of sp³-hybridized carbons (Fsp3) is 0.526. The summed E-state index contributed by atoms with van der Waals surface area (Å²) < 4.78 is 30.2. The predicted octanol–water partition coefficient (Wildman–Crippen LogP) is 2.17. The summed E-state index contributed by atoms with van der Waals surface area (Å²) in [5.41, 5.74) is -0.149. The van der Waals surface area contributed by atoms with Crippen LogP contribution in [0.3, 0.4) is 0 Å². The molecule has 0 aliphatic carbocycles. The fourth-order valence-corrected chi connectivity index (χ4v) is 4.10. The molecule has 2 aromatic rings. The second-order valence-electron chi connectivity index (χ2n) is 7.26. The van der Waals surface area contributed by atoms with E-state index in [0.29, 0.717) is 13.1 Å². The lowest BCUT2D eigenvalue weighted by molar-refractivity contribution is -0.133. The zero-order valence-corrected chi connectivity index (χ0v) is 15.3. The molecule has 1 unspecified atom stereocenters. The molecule has 1 amide bonds. The van der Waals surface area contributed by atoms with Crippen molar-refractivity contribution in [3.05, 3.63) is 47.0 Å². The lowest BCUT2D eigenvalue weighted by atomic mass is 9.93. The minimum Gasteiger partial charge on any atom is -0.342 e. The molecule has 0 bridgehead atoms. The van der Waals surface area contributed by atoms with E-state index in [1.54, 1.807) is 11.8 Å². The third kappa shape index (κ3) is 3.34. The first-order valence-corrected chi connectivity index (χ1v) is 9.41. The number of amides is 1. The molecule has 3 heterocycles. The largest absolute Gasteiger partial charge is 0.342 e. The van der Waals surface area contributed by atoms with Gasteiger partial charge in [0, 0.05) is 37.7 Å². The summed E-state index contributed by atoms with van der Waals surface area (Å²) in [5, 5.41) is 11.9. The molecule has 1 N–H and O–H groups in total. The van der Waals surface area contributed by atoms with Crippen LogP contribution in [-0.4, -0.2) is 45.2 Å². The Kier molecular flexibility index (Phi) is 4.90. The van der Waals surface area contributed by atoms with E-state index in [-0.39, 0.29) is 17.4 Å². The molecule has 1 saturated heterocycles. The van der Waals surface area contributed by atoms with Gasteiger partial charge in [-0.1, -0.05) is 6.07 Å². The average molecular weight is 375 g/mol. The maximum Gasteiger partial charge on any atom is 0.230 e. The quantitative estimate of drug-likeness (QED) is 0.893. The van der Waals surface area contributed by atoms with Crippen LogP contribution in [0.15, 0.2) is 18.2 Å². The highest BCUT2D eigenvalue weighted by Crippen LogP contribution is 2.30. The number of aromatic nitrogens is 3. The number of benzene rings is 1. The van der Waals surface area contributed by atoms with Gasteiger partial charge in [0.05, 0.1) is 12.5 Å². The molecule has 6 nitrogen and oxygen atoms in total. The van der Waals surface area contributed by atoms with Crippen molar-refractivity contribution in [2.45, 2.75) is 44.7 Å². The summed E-state index contributed by atoms with van der Waals surface area (Å²) in [6.45, 7) is 5.18. The van der Waals surface area contributed by atoms with E-state index in [1.807, 2.05) is 0 Å². The fourth-order valence-electron chi connectivity index (χ4n) is 4.10. The van der Waals surface area contributed by atoms with Crippen LogP contribution in [0, 0.1) is 11.6 Å². The van der Waals surface area contributed by atoms with E-state index < -0.39 is 17.6 Å². The Bertz CT molecular complexity index is 824. The van der Waals surface area contributed by atoms with Crippen molar-refractivity contribution in [2.75, 3.05) is 19.6 Å². The van der Waals surface area contributed by atoms with Crippen molar-refractivity contribution in [3.63, 3.8) is 0 Å². The van der Waals surface area contributed by atoms with Gasteiger partial charge in [0.1, 0.15) is 23.3 Å². The molecule has 1 aromatic heterocycles. The van der Waals surface area contributed by atoms with Gasteiger partial charge < -0.3 is 14.8 Å². The van der Waals surface area contributed by atoms with Crippen LogP contribution in [-0.2, 0) is 17.9 Å². The number of hydrogen-bond donors (Lipinski definition) is 1. The van der Waals surface area contributed by atoms with Crippen molar-refractivity contribution in [3.8, 4) is 0 Å². The van der Waals surface area contributed by atoms with Crippen LogP contribution in [0.1, 0.15) is 48.8 Å². The summed E-state index contributed by atoms with van der Waals surface area (Å²) >= 11 is 0. The van der Waals surface area contributed by atoms with Gasteiger partial charge in [0.2, 0.25) is 5.91 Å². The third-order valence-corrected chi connectivity index (χ3v) is 5.63. The maximum atomic E-state index is 14.0. The lowest BCUT2D eigenvalue weighted by Crippen LogP contribution is -2.41. The van der Waals surface area contributed by atoms with Gasteiger partial charge in [0.25, 0.3) is 0 Å². The molecular formula is C19H23F2N5O. The molecule has 0 saturated carbocycles. The van der Waals surface area contributed by atoms with E-state index in [9.17, 15) is 13.6 Å². The van der Waals surface area contributed by atoms with Crippen LogP contribution < -0.4 is 5.32 Å². The number of hydrogen-bond acceptors (Lipinski definition) is 4. The number of nitrogens with one attached hydrogen (secondary N) is 1. The topological polar surface area (TPSA) is 63.1 Å². The van der Waals surface area contributed by atoms with E-state index in [2.05, 4.69) is 20.1 Å². The van der Waals surface area contributed by atoms with Crippen LogP contribution in [0.2, 0.25) is 0 Å². The Morgan fingerprint density at radius 3 is 2.59 bits per heavy atom. The summed E-state index contributed by atoms with van der Waals surface area (Å²) in [4.78, 5) is 14.5. The second kappa shape index (κ2) is 7.34. The standard InChI is InChI=1S/C19H23F2N5O/c1-12(17-14(20)3-2-4-15(17)21)19(27)25-8-5-13(6-9-25)18-24-23-16-11-22-7-10-26(16)18/h2-4,12-13,22H,5-11H2,1H3. The number of halogens is 2. The molecule has 1 atom stereocenters. The first-order chi connectivity index (χ1) is 13.1. The van der Waals surface area contributed by atoms with E-state index in [4.69, 9.17) is 0 Å². The van der Waals surface area contributed by atoms with Gasteiger partial charge in [-0.3, -0.25) is 4.79 Å². The summed E-state index contributed by atoms with van der Waals surface area (Å²) in [6, 6.07) is 3.70. The minimum atomic E-state index is -0.838. The first-order valence-electron chi connectivity index (χ1n) is 9.41. The van der Waals surface area contributed by atoms with E-state index in [1.165, 1.54) is 18.2 Å². The second-order valence-corrected chi connectivity index (χ2v) is 7.26. The van der Waals surface area contributed by atoms with E-state index in [0.717, 1.165) is 44.1 Å². The predicted molar refractivity (Wildman–Crippen MR) is 95.1 cm³/mol. The number of carbonyl (C=O) groups is 1. The molecule has 0 spiro atoms. The Balaban J connectivity index is 1.43. The normalized spacial score (nSPS) is 19.0. The highest BCUT2D eigenvalue weighted by Gasteiger charge is 2.32. The van der Waals surface area contributed by atoms with Crippen LogP contribution in [0.5, 0.6) is 0 Å². The number of carbonyl (C=O) groups excluding carboxylic acids is 1. The first kappa shape index (κ1) is 18.0. The molecule has 4 rings (SSSR count). The SMILES string of the molecule is CC(C(=O)N1CCC(c2nnc3n2CCNC3)CC1)c1c(F)cccc1F. The number of fused-ring (bicyclic) bond motifs is 1. The lowest BCUT2D eigenvalue weighted by Gasteiger charge is -2.33. The van der Waals surface area contributed by atoms with Crippen LogP contribution in [0.25, 0.3) is 0 Å². The molecule has 144 valence electrons. The molecule has 2 aliphatic heterocycles. The van der Waals surface area contributed by atoms with Crippen molar-refractivity contribution in [1.29, 1.82) is 0 Å². The van der Waals surface area contributed by atoms with Crippen molar-refractivity contribution >= 4 is 5.91 Å².